The van der Waals surface area contributed by atoms with Crippen molar-refractivity contribution in [2.24, 2.45) is 5.92 Å². The molecule has 6 nitrogen and oxygen atoms in total. The van der Waals surface area contributed by atoms with Crippen molar-refractivity contribution in [1.82, 2.24) is 24.6 Å². The van der Waals surface area contributed by atoms with E-state index in [9.17, 15) is 0 Å². The molecule has 1 aromatic carbocycles. The molecule has 5 rings (SSSR count). The van der Waals surface area contributed by atoms with E-state index in [0.29, 0.717) is 22.0 Å². The van der Waals surface area contributed by atoms with Gasteiger partial charge in [0, 0.05) is 29.2 Å². The van der Waals surface area contributed by atoms with Gasteiger partial charge < -0.3 is 4.90 Å². The van der Waals surface area contributed by atoms with Crippen molar-refractivity contribution in [2.45, 2.75) is 71.4 Å². The number of rotatable bonds is 4. The Hall–Kier alpha value is -1.89. The number of nitrogens with zero attached hydrogens (tertiary/aromatic N) is 6. The first kappa shape index (κ1) is 24.8. The predicted molar refractivity (Wildman–Crippen MR) is 145 cm³/mol. The molecule has 3 aromatic rings. The average Bonchev–Trinajstić information content (AvgIpc) is 3.15. The zero-order chi connectivity index (χ0) is 24.5. The number of anilines is 1. The molecule has 3 atom stereocenters. The fourth-order valence-electron chi connectivity index (χ4n) is 5.92. The van der Waals surface area contributed by atoms with Crippen molar-refractivity contribution in [3.8, 4) is 0 Å². The number of aromatic nitrogens is 4. The zero-order valence-corrected chi connectivity index (χ0v) is 22.6. The first-order valence-corrected chi connectivity index (χ1v) is 13.8. The van der Waals surface area contributed by atoms with Gasteiger partial charge in [-0.1, -0.05) is 55.5 Å². The van der Waals surface area contributed by atoms with E-state index in [1.54, 1.807) is 6.07 Å². The van der Waals surface area contributed by atoms with Gasteiger partial charge in [0.15, 0.2) is 5.65 Å². The summed E-state index contributed by atoms with van der Waals surface area (Å²) in [4.78, 5) is 15.1. The molecule has 2 fully saturated rings. The smallest absolute Gasteiger partial charge is 0.179 e. The molecule has 0 saturated carbocycles. The Bertz CT molecular complexity index is 1170. The fourth-order valence-corrected chi connectivity index (χ4v) is 6.49. The second kappa shape index (κ2) is 10.6. The van der Waals surface area contributed by atoms with Crippen molar-refractivity contribution in [1.29, 1.82) is 0 Å². The number of piperidine rings is 1. The first-order chi connectivity index (χ1) is 16.9. The third kappa shape index (κ3) is 5.16. The molecular weight excluding hydrogens is 479 g/mol. The van der Waals surface area contributed by atoms with Crippen molar-refractivity contribution in [3.05, 3.63) is 45.7 Å². The Morgan fingerprint density at radius 1 is 1.03 bits per heavy atom. The third-order valence-electron chi connectivity index (χ3n) is 7.88. The lowest BCUT2D eigenvalue weighted by atomic mass is 9.91. The Labute approximate surface area is 218 Å². The summed E-state index contributed by atoms with van der Waals surface area (Å²) in [6.45, 7) is 11.0. The standard InChI is InChI=1S/C27H36Cl2N6/c1-18-17-34(14-11-24(18)33-12-7-5-4-6-8-13-33)25-16-30-26-19(2)32-35(27(26)31-25)20(3)22-10-9-21(28)15-23(22)29/h9-10,15-16,18,20,24H,4-8,11-14,17H2,1-3H3/t18-,20-,24?/m1/s1. The second-order valence-corrected chi connectivity index (χ2v) is 11.2. The largest absolute Gasteiger partial charge is 0.355 e. The van der Waals surface area contributed by atoms with Crippen molar-refractivity contribution >= 4 is 40.2 Å². The number of aryl methyl sites for hydroxylation is 1. The van der Waals surface area contributed by atoms with Gasteiger partial charge in [-0.15, -0.1) is 0 Å². The topological polar surface area (TPSA) is 50.1 Å². The minimum absolute atomic E-state index is 0.0858. The molecule has 0 N–H and O–H groups in total. The number of benzene rings is 1. The van der Waals surface area contributed by atoms with E-state index in [1.165, 1.54) is 51.6 Å². The number of hydrogen-bond acceptors (Lipinski definition) is 5. The van der Waals surface area contributed by atoms with Crippen LogP contribution in [0.1, 0.15) is 69.7 Å². The molecule has 2 aliphatic heterocycles. The van der Waals surface area contributed by atoms with Gasteiger partial charge in [-0.3, -0.25) is 4.90 Å². The Kier molecular flexibility index (Phi) is 7.52. The highest BCUT2D eigenvalue weighted by atomic mass is 35.5. The average molecular weight is 516 g/mol. The molecule has 0 radical (unpaired) electrons. The van der Waals surface area contributed by atoms with E-state index in [2.05, 4.69) is 23.6 Å². The van der Waals surface area contributed by atoms with Crippen molar-refractivity contribution in [3.63, 3.8) is 0 Å². The summed E-state index contributed by atoms with van der Waals surface area (Å²) in [5, 5.41) is 6.06. The summed E-state index contributed by atoms with van der Waals surface area (Å²) < 4.78 is 1.95. The quantitative estimate of drug-likeness (QED) is 0.395. The number of fused-ring (bicyclic) bond motifs is 1. The van der Waals surface area contributed by atoms with E-state index < -0.39 is 0 Å². The highest BCUT2D eigenvalue weighted by Crippen LogP contribution is 2.32. The fraction of sp³-hybridized carbons (Fsp3) is 0.593. The summed E-state index contributed by atoms with van der Waals surface area (Å²) in [6.07, 6.45) is 9.95. The minimum atomic E-state index is -0.0858. The van der Waals surface area contributed by atoms with Crippen LogP contribution in [0.2, 0.25) is 10.0 Å². The van der Waals surface area contributed by atoms with Gasteiger partial charge in [0.1, 0.15) is 11.3 Å². The highest BCUT2D eigenvalue weighted by molar-refractivity contribution is 6.35. The van der Waals surface area contributed by atoms with Crippen molar-refractivity contribution in [2.75, 3.05) is 31.1 Å². The van der Waals surface area contributed by atoms with Crippen LogP contribution in [0.4, 0.5) is 5.82 Å². The summed E-state index contributed by atoms with van der Waals surface area (Å²) in [7, 11) is 0. The Morgan fingerprint density at radius 3 is 2.49 bits per heavy atom. The van der Waals surface area contributed by atoms with Crippen LogP contribution in [0.3, 0.4) is 0 Å². The molecule has 35 heavy (non-hydrogen) atoms. The number of hydrogen-bond donors (Lipinski definition) is 0. The Balaban J connectivity index is 1.38. The zero-order valence-electron chi connectivity index (χ0n) is 21.1. The Morgan fingerprint density at radius 2 is 1.77 bits per heavy atom. The molecule has 1 unspecified atom stereocenters. The van der Waals surface area contributed by atoms with E-state index >= 15 is 0 Å². The van der Waals surface area contributed by atoms with Gasteiger partial charge in [0.05, 0.1) is 17.9 Å². The maximum Gasteiger partial charge on any atom is 0.179 e. The summed E-state index contributed by atoms with van der Waals surface area (Å²) in [6, 6.07) is 6.19. The number of likely N-dealkylation sites (tertiary alicyclic amines) is 1. The van der Waals surface area contributed by atoms with Gasteiger partial charge in [-0.2, -0.15) is 5.10 Å². The van der Waals surface area contributed by atoms with Gasteiger partial charge in [-0.05, 0) is 69.8 Å². The predicted octanol–water partition coefficient (Wildman–Crippen LogP) is 6.53. The van der Waals surface area contributed by atoms with Crippen LogP contribution in [0.25, 0.3) is 11.2 Å². The van der Waals surface area contributed by atoms with Gasteiger partial charge in [-0.25, -0.2) is 14.6 Å². The lowest BCUT2D eigenvalue weighted by Crippen LogP contribution is -2.51. The normalized spacial score (nSPS) is 23.3. The van der Waals surface area contributed by atoms with Crippen molar-refractivity contribution < 1.29 is 0 Å². The molecule has 0 amide bonds. The molecule has 0 spiro atoms. The highest BCUT2D eigenvalue weighted by Gasteiger charge is 2.31. The van der Waals surface area contributed by atoms with E-state index in [4.69, 9.17) is 38.3 Å². The molecule has 2 saturated heterocycles. The van der Waals surface area contributed by atoms with Gasteiger partial charge in [0.25, 0.3) is 0 Å². The van der Waals surface area contributed by atoms with Gasteiger partial charge >= 0.3 is 0 Å². The summed E-state index contributed by atoms with van der Waals surface area (Å²) >= 11 is 12.6. The number of halogens is 2. The molecule has 188 valence electrons. The third-order valence-corrected chi connectivity index (χ3v) is 8.44. The SMILES string of the molecule is Cc1nn([C@H](C)c2ccc(Cl)cc2Cl)c2nc(N3CCC(N4CCCCCCC4)[C@H](C)C3)cnc12. The van der Waals surface area contributed by atoms with Crippen LogP contribution < -0.4 is 4.90 Å². The first-order valence-electron chi connectivity index (χ1n) is 13.1. The maximum atomic E-state index is 6.52. The van der Waals surface area contributed by atoms with Crippen LogP contribution in [0, 0.1) is 12.8 Å². The van der Waals surface area contributed by atoms with Crippen LogP contribution in [0.15, 0.2) is 24.4 Å². The summed E-state index contributed by atoms with van der Waals surface area (Å²) in [5.41, 5.74) is 3.49. The van der Waals surface area contributed by atoms with E-state index in [1.807, 2.05) is 29.9 Å². The second-order valence-electron chi connectivity index (χ2n) is 10.4. The van der Waals surface area contributed by atoms with Crippen LogP contribution in [-0.2, 0) is 0 Å². The summed E-state index contributed by atoms with van der Waals surface area (Å²) in [5.74, 6) is 1.53. The van der Waals surface area contributed by atoms with Gasteiger partial charge in [0.2, 0.25) is 0 Å². The van der Waals surface area contributed by atoms with E-state index in [0.717, 1.165) is 41.3 Å². The van der Waals surface area contributed by atoms with Crippen LogP contribution in [-0.4, -0.2) is 56.9 Å². The molecule has 4 heterocycles. The van der Waals surface area contributed by atoms with E-state index in [-0.39, 0.29) is 6.04 Å². The van der Waals surface area contributed by atoms with Crippen LogP contribution >= 0.6 is 23.2 Å². The van der Waals surface area contributed by atoms with Crippen LogP contribution in [0.5, 0.6) is 0 Å². The molecule has 0 bridgehead atoms. The lowest BCUT2D eigenvalue weighted by Gasteiger charge is -2.43. The monoisotopic (exact) mass is 514 g/mol. The molecule has 2 aliphatic rings. The molecule has 8 heteroatoms. The molecule has 2 aromatic heterocycles. The molecule has 0 aliphatic carbocycles. The maximum absolute atomic E-state index is 6.52. The minimum Gasteiger partial charge on any atom is -0.355 e. The molecular formula is C27H36Cl2N6. The lowest BCUT2D eigenvalue weighted by molar-refractivity contribution is 0.118.